The first kappa shape index (κ1) is 18.2. The highest BCUT2D eigenvalue weighted by molar-refractivity contribution is 7.09. The van der Waals surface area contributed by atoms with E-state index in [4.69, 9.17) is 16.3 Å². The summed E-state index contributed by atoms with van der Waals surface area (Å²) in [4.78, 5) is 18.7. The van der Waals surface area contributed by atoms with Gasteiger partial charge < -0.3 is 10.1 Å². The van der Waals surface area contributed by atoms with Crippen LogP contribution in [0.1, 0.15) is 23.5 Å². The summed E-state index contributed by atoms with van der Waals surface area (Å²) in [5.74, 6) is 1.10. The smallest absolute Gasteiger partial charge is 0.222 e. The number of benzene rings is 1. The van der Waals surface area contributed by atoms with E-state index in [1.807, 2.05) is 24.3 Å². The molecule has 0 saturated carbocycles. The van der Waals surface area contributed by atoms with Crippen LogP contribution in [0.15, 0.2) is 29.6 Å². The van der Waals surface area contributed by atoms with Gasteiger partial charge in [-0.1, -0.05) is 11.6 Å². The molecule has 1 aromatic heterocycles. The van der Waals surface area contributed by atoms with Gasteiger partial charge >= 0.3 is 0 Å². The van der Waals surface area contributed by atoms with Crippen LogP contribution in [-0.2, 0) is 17.9 Å². The van der Waals surface area contributed by atoms with Crippen LogP contribution < -0.4 is 10.1 Å². The van der Waals surface area contributed by atoms with Crippen LogP contribution >= 0.6 is 22.9 Å². The van der Waals surface area contributed by atoms with Crippen molar-refractivity contribution < 1.29 is 9.53 Å². The summed E-state index contributed by atoms with van der Waals surface area (Å²) in [7, 11) is 1.71. The number of rotatable bonds is 6. The van der Waals surface area contributed by atoms with Crippen LogP contribution in [0.5, 0.6) is 5.75 Å². The number of nitrogens with zero attached hydrogens (tertiary/aromatic N) is 2. The molecule has 1 saturated heterocycles. The molecule has 5 nitrogen and oxygen atoms in total. The van der Waals surface area contributed by atoms with E-state index in [9.17, 15) is 4.79 Å². The largest absolute Gasteiger partial charge is 0.486 e. The summed E-state index contributed by atoms with van der Waals surface area (Å²) in [6.07, 6.45) is 1.83. The van der Waals surface area contributed by atoms with Crippen molar-refractivity contribution in [2.24, 2.45) is 5.92 Å². The van der Waals surface area contributed by atoms with E-state index < -0.39 is 0 Å². The highest BCUT2D eigenvalue weighted by Crippen LogP contribution is 2.21. The van der Waals surface area contributed by atoms with E-state index in [0.29, 0.717) is 11.6 Å². The van der Waals surface area contributed by atoms with Gasteiger partial charge in [0.05, 0.1) is 5.69 Å². The monoisotopic (exact) mass is 379 g/mol. The Bertz CT molecular complexity index is 697. The Morgan fingerprint density at radius 1 is 1.36 bits per heavy atom. The number of amides is 1. The number of thiazole rings is 1. The van der Waals surface area contributed by atoms with E-state index in [2.05, 4.69) is 20.6 Å². The maximum atomic E-state index is 11.7. The van der Waals surface area contributed by atoms with E-state index in [-0.39, 0.29) is 11.8 Å². The molecule has 0 bridgehead atoms. The molecule has 1 aromatic carbocycles. The fourth-order valence-electron chi connectivity index (χ4n) is 2.95. The van der Waals surface area contributed by atoms with Gasteiger partial charge in [-0.3, -0.25) is 9.69 Å². The number of ether oxygens (including phenoxy) is 1. The molecule has 0 aliphatic carbocycles. The molecule has 1 N–H and O–H groups in total. The minimum Gasteiger partial charge on any atom is -0.486 e. The predicted octanol–water partition coefficient (Wildman–Crippen LogP) is 3.33. The van der Waals surface area contributed by atoms with E-state index in [1.54, 1.807) is 18.4 Å². The molecule has 1 fully saturated rings. The topological polar surface area (TPSA) is 54.5 Å². The summed E-state index contributed by atoms with van der Waals surface area (Å²) in [6, 6.07) is 7.33. The standard InChI is InChI=1S/C18H22ClN3O2S/c1-20-18(23)13-6-8-22(9-7-13)10-15-12-25-17(21-15)11-24-16-4-2-14(19)3-5-16/h2-5,12-13H,6-11H2,1H3,(H,20,23). The van der Waals surface area contributed by atoms with Gasteiger partial charge in [-0.15, -0.1) is 11.3 Å². The van der Waals surface area contributed by atoms with Gasteiger partial charge in [-0.05, 0) is 50.2 Å². The highest BCUT2D eigenvalue weighted by atomic mass is 35.5. The van der Waals surface area contributed by atoms with E-state index in [0.717, 1.165) is 48.9 Å². The summed E-state index contributed by atoms with van der Waals surface area (Å²) in [6.45, 7) is 3.17. The lowest BCUT2D eigenvalue weighted by molar-refractivity contribution is -0.125. The highest BCUT2D eigenvalue weighted by Gasteiger charge is 2.24. The second-order valence-corrected chi connectivity index (χ2v) is 7.52. The van der Waals surface area contributed by atoms with Crippen LogP contribution in [0.25, 0.3) is 0 Å². The number of halogens is 1. The Kier molecular flexibility index (Phi) is 6.29. The molecule has 3 rings (SSSR count). The molecule has 0 unspecified atom stereocenters. The van der Waals surface area contributed by atoms with Gasteiger partial charge in [0, 0.05) is 29.9 Å². The second-order valence-electron chi connectivity index (χ2n) is 6.14. The Balaban J connectivity index is 1.46. The number of hydrogen-bond acceptors (Lipinski definition) is 5. The van der Waals surface area contributed by atoms with Crippen LogP contribution in [0.4, 0.5) is 0 Å². The van der Waals surface area contributed by atoms with Crippen molar-refractivity contribution in [3.63, 3.8) is 0 Å². The lowest BCUT2D eigenvalue weighted by atomic mass is 9.96. The third-order valence-corrected chi connectivity index (χ3v) is 5.49. The molecule has 134 valence electrons. The number of hydrogen-bond donors (Lipinski definition) is 1. The first-order valence-electron chi connectivity index (χ1n) is 8.39. The Morgan fingerprint density at radius 2 is 2.08 bits per heavy atom. The van der Waals surface area contributed by atoms with Crippen molar-refractivity contribution in [2.45, 2.75) is 26.0 Å². The first-order valence-corrected chi connectivity index (χ1v) is 9.65. The zero-order valence-corrected chi connectivity index (χ0v) is 15.8. The SMILES string of the molecule is CNC(=O)C1CCN(Cc2csc(COc3ccc(Cl)cc3)n2)CC1. The lowest BCUT2D eigenvalue weighted by Gasteiger charge is -2.30. The van der Waals surface area contributed by atoms with Crippen LogP contribution in [-0.4, -0.2) is 35.9 Å². The van der Waals surface area contributed by atoms with Gasteiger partial charge in [0.2, 0.25) is 5.91 Å². The van der Waals surface area contributed by atoms with Crippen molar-refractivity contribution in [2.75, 3.05) is 20.1 Å². The van der Waals surface area contributed by atoms with Crippen molar-refractivity contribution in [3.05, 3.63) is 45.4 Å². The first-order chi connectivity index (χ1) is 12.1. The van der Waals surface area contributed by atoms with E-state index in [1.165, 1.54) is 0 Å². The molecular weight excluding hydrogens is 358 g/mol. The predicted molar refractivity (Wildman–Crippen MR) is 100.0 cm³/mol. The molecular formula is C18H22ClN3O2S. The zero-order valence-electron chi connectivity index (χ0n) is 14.2. The molecule has 2 aromatic rings. The molecule has 0 atom stereocenters. The van der Waals surface area contributed by atoms with Gasteiger partial charge in [-0.2, -0.15) is 0 Å². The molecule has 1 amide bonds. The fraction of sp³-hybridized carbons (Fsp3) is 0.444. The molecule has 0 spiro atoms. The number of aromatic nitrogens is 1. The molecule has 1 aliphatic rings. The molecule has 7 heteroatoms. The number of piperidine rings is 1. The van der Waals surface area contributed by atoms with Crippen LogP contribution in [0, 0.1) is 5.92 Å². The maximum absolute atomic E-state index is 11.7. The summed E-state index contributed by atoms with van der Waals surface area (Å²) in [5, 5.41) is 6.49. The number of carbonyl (C=O) groups excluding carboxylic acids is 1. The Morgan fingerprint density at radius 3 is 2.76 bits per heavy atom. The summed E-state index contributed by atoms with van der Waals surface area (Å²) in [5.41, 5.74) is 1.07. The van der Waals surface area contributed by atoms with Crippen molar-refractivity contribution >= 4 is 28.8 Å². The molecule has 2 heterocycles. The third kappa shape index (κ3) is 5.17. The average molecular weight is 380 g/mol. The maximum Gasteiger partial charge on any atom is 0.222 e. The summed E-state index contributed by atoms with van der Waals surface area (Å²) >= 11 is 7.48. The number of carbonyl (C=O) groups is 1. The van der Waals surface area contributed by atoms with E-state index >= 15 is 0 Å². The second kappa shape index (κ2) is 8.65. The Hall–Kier alpha value is -1.63. The van der Waals surface area contributed by atoms with Gasteiger partial charge in [0.15, 0.2) is 0 Å². The number of nitrogens with one attached hydrogen (secondary N) is 1. The minimum absolute atomic E-state index is 0.153. The van der Waals surface area contributed by atoms with Crippen molar-refractivity contribution in [1.29, 1.82) is 0 Å². The van der Waals surface area contributed by atoms with Crippen molar-refractivity contribution in [3.8, 4) is 5.75 Å². The van der Waals surface area contributed by atoms with Gasteiger partial charge in [0.1, 0.15) is 17.4 Å². The normalized spacial score (nSPS) is 15.9. The van der Waals surface area contributed by atoms with Gasteiger partial charge in [0.25, 0.3) is 0 Å². The molecule has 25 heavy (non-hydrogen) atoms. The minimum atomic E-state index is 0.153. The summed E-state index contributed by atoms with van der Waals surface area (Å²) < 4.78 is 5.73. The van der Waals surface area contributed by atoms with Crippen LogP contribution in [0.3, 0.4) is 0 Å². The Labute approximate surface area is 157 Å². The number of likely N-dealkylation sites (tertiary alicyclic amines) is 1. The fourth-order valence-corrected chi connectivity index (χ4v) is 3.77. The lowest BCUT2D eigenvalue weighted by Crippen LogP contribution is -2.39. The third-order valence-electron chi connectivity index (χ3n) is 4.37. The molecule has 1 aliphatic heterocycles. The van der Waals surface area contributed by atoms with Crippen molar-refractivity contribution in [1.82, 2.24) is 15.2 Å². The van der Waals surface area contributed by atoms with Gasteiger partial charge in [-0.25, -0.2) is 4.98 Å². The molecule has 0 radical (unpaired) electrons. The van der Waals surface area contributed by atoms with Crippen LogP contribution in [0.2, 0.25) is 5.02 Å². The average Bonchev–Trinajstić information content (AvgIpc) is 3.08. The quantitative estimate of drug-likeness (QED) is 0.836. The zero-order chi connectivity index (χ0) is 17.6.